The summed E-state index contributed by atoms with van der Waals surface area (Å²) in [5, 5.41) is 12.7. The van der Waals surface area contributed by atoms with E-state index >= 15 is 0 Å². The van der Waals surface area contributed by atoms with Gasteiger partial charge in [0, 0.05) is 67.6 Å². The Bertz CT molecular complexity index is 5980. The Morgan fingerprint density at radius 2 is 0.526 bits per heavy atom. The number of nitrogens with zero attached hydrogens (tertiary/aromatic N) is 1. The predicted octanol–water partition coefficient (Wildman–Crippen LogP) is 26.4. The lowest BCUT2D eigenvalue weighted by Crippen LogP contribution is -2.14. The molecule has 2 aliphatic carbocycles. The maximum absolute atomic E-state index is 2.50. The number of aromatic nitrogens is 1. The van der Waals surface area contributed by atoms with E-state index in [4.69, 9.17) is 0 Å². The van der Waals surface area contributed by atoms with Crippen molar-refractivity contribution in [2.75, 3.05) is 0 Å². The zero-order chi connectivity index (χ0) is 63.0. The molecule has 3 heterocycles. The summed E-state index contributed by atoms with van der Waals surface area (Å²) in [6.45, 7) is 9.52. The first-order valence-electron chi connectivity index (χ1n) is 33.2. The van der Waals surface area contributed by atoms with Crippen molar-refractivity contribution in [3.05, 3.63) is 320 Å². The molecule has 0 radical (unpaired) electrons. The van der Waals surface area contributed by atoms with Gasteiger partial charge in [0.25, 0.3) is 0 Å². The van der Waals surface area contributed by atoms with Crippen LogP contribution >= 0.6 is 22.7 Å². The van der Waals surface area contributed by atoms with Gasteiger partial charge in [-0.25, -0.2) is 0 Å². The van der Waals surface area contributed by atoms with Crippen molar-refractivity contribution >= 4 is 106 Å². The highest BCUT2D eigenvalue weighted by molar-refractivity contribution is 7.27. The molecule has 1 nitrogen and oxygen atoms in total. The summed E-state index contributed by atoms with van der Waals surface area (Å²) in [6.07, 6.45) is 0. The number of hydrogen-bond donors (Lipinski definition) is 0. The summed E-state index contributed by atoms with van der Waals surface area (Å²) in [6, 6.07) is 113. The van der Waals surface area contributed by atoms with Gasteiger partial charge >= 0.3 is 0 Å². The second-order valence-corrected chi connectivity index (χ2v) is 29.4. The molecule has 0 aliphatic heterocycles. The third-order valence-electron chi connectivity index (χ3n) is 21.6. The van der Waals surface area contributed by atoms with Crippen LogP contribution in [0.5, 0.6) is 0 Å². The molecule has 0 spiro atoms. The van der Waals surface area contributed by atoms with Gasteiger partial charge in [-0.3, -0.25) is 0 Å². The molecule has 446 valence electrons. The van der Waals surface area contributed by atoms with Crippen molar-refractivity contribution in [3.63, 3.8) is 0 Å². The average molecular weight is 1240 g/mol. The highest BCUT2D eigenvalue weighted by Crippen LogP contribution is 2.54. The van der Waals surface area contributed by atoms with Gasteiger partial charge in [-0.1, -0.05) is 276 Å². The standard InChI is InChI=1S/C92H61NS2/c1-91(2)79-36-14-12-22-65(79)67-46-40-58(52-81(67)91)63-30-18-34-75-73-32-16-28-61(87(73)94-89(63)75)56-42-48-83-77(50-56)78-51-57(62-29-17-33-74-76-35-19-31-64(90(76)95-88(62)74)59-41-47-68-66-23-13-15-37-80(66)92(3,4)82(68)53-59)43-49-84(78)93(83)60-44-38-55(39-45-60)86-71-26-10-8-24-69(71)85(54-20-6-5-7-21-54)70-25-9-11-27-72(70)86/h5-53H,1-4H3. The van der Waals surface area contributed by atoms with Crippen molar-refractivity contribution in [2.45, 2.75) is 38.5 Å². The Kier molecular flexibility index (Phi) is 11.7. The number of benzene rings is 15. The van der Waals surface area contributed by atoms with Crippen LogP contribution < -0.4 is 0 Å². The van der Waals surface area contributed by atoms with Crippen LogP contribution in [0.3, 0.4) is 0 Å². The molecule has 0 amide bonds. The topological polar surface area (TPSA) is 4.93 Å². The molecule has 2 aliphatic rings. The zero-order valence-electron chi connectivity index (χ0n) is 53.1. The van der Waals surface area contributed by atoms with E-state index in [1.807, 2.05) is 22.7 Å². The summed E-state index contributed by atoms with van der Waals surface area (Å²) in [4.78, 5) is 0. The molecule has 20 rings (SSSR count). The van der Waals surface area contributed by atoms with Crippen LogP contribution in [0.2, 0.25) is 0 Å². The normalized spacial score (nSPS) is 13.6. The van der Waals surface area contributed by atoms with Crippen LogP contribution in [-0.4, -0.2) is 4.57 Å². The van der Waals surface area contributed by atoms with Crippen LogP contribution in [0, 0.1) is 0 Å². The van der Waals surface area contributed by atoms with Crippen molar-refractivity contribution in [1.82, 2.24) is 4.57 Å². The molecular formula is C92H61NS2. The van der Waals surface area contributed by atoms with Crippen molar-refractivity contribution in [2.24, 2.45) is 0 Å². The predicted molar refractivity (Wildman–Crippen MR) is 409 cm³/mol. The SMILES string of the molecule is CC1(C)c2ccccc2-c2ccc(-c3cccc4c3sc3c(-c5ccc6c(c5)c5cc(-c7cccc8c7sc7c(-c9ccc%10c(c9)C(C)(C)c9ccccc9-%10)cccc78)ccc5n6-c5ccc(-c6c7ccccc7c(-c7ccccc7)c7ccccc67)cc5)cccc34)cc21. The molecule has 0 N–H and O–H groups in total. The van der Waals surface area contributed by atoms with Gasteiger partial charge in [0.05, 0.1) is 11.0 Å². The van der Waals surface area contributed by atoms with Gasteiger partial charge in [-0.2, -0.15) is 0 Å². The monoisotopic (exact) mass is 1240 g/mol. The van der Waals surface area contributed by atoms with E-state index in [0.717, 1.165) is 5.69 Å². The lowest BCUT2D eigenvalue weighted by molar-refractivity contribution is 0.660. The third kappa shape index (κ3) is 7.89. The van der Waals surface area contributed by atoms with Crippen LogP contribution in [0.4, 0.5) is 0 Å². The highest BCUT2D eigenvalue weighted by atomic mass is 32.1. The third-order valence-corrected chi connectivity index (χ3v) is 24.2. The van der Waals surface area contributed by atoms with Gasteiger partial charge < -0.3 is 4.57 Å². The fraction of sp³-hybridized carbons (Fsp3) is 0.0652. The first-order chi connectivity index (χ1) is 46.6. The van der Waals surface area contributed by atoms with E-state index in [-0.39, 0.29) is 10.8 Å². The number of thiophene rings is 2. The number of rotatable bonds is 7. The van der Waals surface area contributed by atoms with Gasteiger partial charge in [-0.05, 0) is 181 Å². The fourth-order valence-electron chi connectivity index (χ4n) is 17.1. The summed E-state index contributed by atoms with van der Waals surface area (Å²) in [5.41, 5.74) is 29.3. The summed E-state index contributed by atoms with van der Waals surface area (Å²) < 4.78 is 7.77. The molecule has 18 aromatic rings. The van der Waals surface area contributed by atoms with E-state index < -0.39 is 0 Å². The first-order valence-corrected chi connectivity index (χ1v) is 34.8. The van der Waals surface area contributed by atoms with Gasteiger partial charge in [-0.15, -0.1) is 22.7 Å². The highest BCUT2D eigenvalue weighted by Gasteiger charge is 2.37. The summed E-state index contributed by atoms with van der Waals surface area (Å²) >= 11 is 3.87. The minimum Gasteiger partial charge on any atom is -0.309 e. The van der Waals surface area contributed by atoms with E-state index in [0.29, 0.717) is 0 Å². The zero-order valence-corrected chi connectivity index (χ0v) is 54.7. The molecule has 0 bridgehead atoms. The molecule has 0 fully saturated rings. The lowest BCUT2D eigenvalue weighted by atomic mass is 9.81. The molecule has 3 aromatic heterocycles. The van der Waals surface area contributed by atoms with Crippen LogP contribution in [0.1, 0.15) is 49.9 Å². The van der Waals surface area contributed by atoms with Gasteiger partial charge in [0.1, 0.15) is 0 Å². The van der Waals surface area contributed by atoms with E-state index in [2.05, 4.69) is 330 Å². The molecular weight excluding hydrogens is 1180 g/mol. The van der Waals surface area contributed by atoms with Gasteiger partial charge in [0.15, 0.2) is 0 Å². The fourth-order valence-corrected chi connectivity index (χ4v) is 19.8. The largest absolute Gasteiger partial charge is 0.309 e. The molecule has 3 heteroatoms. The second kappa shape index (κ2) is 20.3. The quantitative estimate of drug-likeness (QED) is 0.140. The smallest absolute Gasteiger partial charge is 0.0541 e. The first kappa shape index (κ1) is 54.6. The molecule has 0 saturated heterocycles. The maximum Gasteiger partial charge on any atom is 0.0541 e. The Balaban J connectivity index is 0.755. The molecule has 15 aromatic carbocycles. The van der Waals surface area contributed by atoms with Gasteiger partial charge in [0.2, 0.25) is 0 Å². The minimum absolute atomic E-state index is 0.0819. The Hall–Kier alpha value is -10.9. The maximum atomic E-state index is 2.50. The summed E-state index contributed by atoms with van der Waals surface area (Å²) in [7, 11) is 0. The van der Waals surface area contributed by atoms with E-state index in [1.54, 1.807) is 0 Å². The minimum atomic E-state index is -0.0819. The van der Waals surface area contributed by atoms with Crippen LogP contribution in [0.15, 0.2) is 297 Å². The number of hydrogen-bond acceptors (Lipinski definition) is 2. The Labute approximate surface area is 559 Å². The molecule has 0 saturated carbocycles. The van der Waals surface area contributed by atoms with Crippen molar-refractivity contribution in [1.29, 1.82) is 0 Å². The van der Waals surface area contributed by atoms with Crippen LogP contribution in [0.25, 0.3) is 178 Å². The second-order valence-electron chi connectivity index (χ2n) is 27.3. The Morgan fingerprint density at radius 3 is 0.937 bits per heavy atom. The lowest BCUT2D eigenvalue weighted by Gasteiger charge is -2.22. The van der Waals surface area contributed by atoms with E-state index in [9.17, 15) is 0 Å². The Morgan fingerprint density at radius 1 is 0.221 bits per heavy atom. The average Bonchev–Trinajstić information content (AvgIpc) is 1.49. The molecule has 95 heavy (non-hydrogen) atoms. The van der Waals surface area contributed by atoms with Crippen molar-refractivity contribution in [3.8, 4) is 94.7 Å². The summed E-state index contributed by atoms with van der Waals surface area (Å²) in [5.74, 6) is 0. The van der Waals surface area contributed by atoms with Crippen molar-refractivity contribution < 1.29 is 0 Å². The van der Waals surface area contributed by atoms with E-state index in [1.165, 1.54) is 195 Å². The van der Waals surface area contributed by atoms with Crippen LogP contribution in [-0.2, 0) is 10.8 Å². The molecule has 0 atom stereocenters. The molecule has 0 unspecified atom stereocenters. The number of fused-ring (bicyclic) bond motifs is 17.